The molecule has 14 heavy (non-hydrogen) atoms. The SMILES string of the molecule is CCOC(C)/C(=C/C(=O)C(C)C)[O][Al]. The molecule has 1 unspecified atom stereocenters. The lowest BCUT2D eigenvalue weighted by atomic mass is 10.1. The molecular formula is C10H17AlO3. The van der Waals surface area contributed by atoms with E-state index < -0.39 is 0 Å². The summed E-state index contributed by atoms with van der Waals surface area (Å²) in [6.45, 7) is 8.06. The van der Waals surface area contributed by atoms with E-state index in [1.807, 2.05) is 27.7 Å². The second-order valence-corrected chi connectivity index (χ2v) is 3.55. The van der Waals surface area contributed by atoms with Crippen LogP contribution < -0.4 is 0 Å². The van der Waals surface area contributed by atoms with E-state index in [0.29, 0.717) is 12.4 Å². The van der Waals surface area contributed by atoms with Gasteiger partial charge in [0.05, 0.1) is 5.76 Å². The molecule has 0 heterocycles. The predicted molar refractivity (Wildman–Crippen MR) is 55.9 cm³/mol. The van der Waals surface area contributed by atoms with Crippen LogP contribution in [0.15, 0.2) is 11.8 Å². The van der Waals surface area contributed by atoms with E-state index in [2.05, 4.69) is 16.6 Å². The van der Waals surface area contributed by atoms with Crippen LogP contribution in [0.25, 0.3) is 0 Å². The average molecular weight is 212 g/mol. The van der Waals surface area contributed by atoms with Gasteiger partial charge < -0.3 is 8.53 Å². The van der Waals surface area contributed by atoms with Gasteiger partial charge in [-0.1, -0.05) is 13.8 Å². The molecule has 0 amide bonds. The molecule has 3 nitrogen and oxygen atoms in total. The van der Waals surface area contributed by atoms with Gasteiger partial charge in [0.2, 0.25) is 0 Å². The Morgan fingerprint density at radius 2 is 2.00 bits per heavy atom. The highest BCUT2D eigenvalue weighted by molar-refractivity contribution is 5.99. The topological polar surface area (TPSA) is 35.5 Å². The van der Waals surface area contributed by atoms with E-state index in [9.17, 15) is 4.79 Å². The predicted octanol–water partition coefficient (Wildman–Crippen LogP) is 1.62. The van der Waals surface area contributed by atoms with Crippen molar-refractivity contribution in [3.05, 3.63) is 11.8 Å². The fourth-order valence-corrected chi connectivity index (χ4v) is 1.15. The van der Waals surface area contributed by atoms with Crippen molar-refractivity contribution in [3.8, 4) is 0 Å². The Morgan fingerprint density at radius 1 is 1.43 bits per heavy atom. The van der Waals surface area contributed by atoms with Crippen molar-refractivity contribution in [1.29, 1.82) is 0 Å². The summed E-state index contributed by atoms with van der Waals surface area (Å²) >= 11 is 2.13. The maximum absolute atomic E-state index is 11.4. The molecule has 0 bridgehead atoms. The summed E-state index contributed by atoms with van der Waals surface area (Å²) in [5.74, 6) is 0.587. The van der Waals surface area contributed by atoms with Crippen molar-refractivity contribution in [2.24, 2.45) is 5.92 Å². The van der Waals surface area contributed by atoms with E-state index in [1.165, 1.54) is 6.08 Å². The molecule has 0 saturated carbocycles. The lowest BCUT2D eigenvalue weighted by Gasteiger charge is -2.17. The van der Waals surface area contributed by atoms with Crippen molar-refractivity contribution in [3.63, 3.8) is 0 Å². The van der Waals surface area contributed by atoms with Crippen LogP contribution >= 0.6 is 0 Å². The van der Waals surface area contributed by atoms with Gasteiger partial charge in [0.1, 0.15) is 6.10 Å². The third-order valence-electron chi connectivity index (χ3n) is 1.81. The minimum atomic E-state index is -0.180. The molecule has 0 aliphatic heterocycles. The minimum Gasteiger partial charge on any atom is -0.655 e. The van der Waals surface area contributed by atoms with Gasteiger partial charge in [-0.05, 0) is 13.8 Å². The van der Waals surface area contributed by atoms with Crippen LogP contribution in [0.3, 0.4) is 0 Å². The Morgan fingerprint density at radius 3 is 2.36 bits per heavy atom. The first-order valence-corrected chi connectivity index (χ1v) is 5.23. The third-order valence-corrected chi connectivity index (χ3v) is 2.08. The van der Waals surface area contributed by atoms with Crippen molar-refractivity contribution in [2.45, 2.75) is 33.8 Å². The van der Waals surface area contributed by atoms with E-state index in [4.69, 9.17) is 8.53 Å². The quantitative estimate of drug-likeness (QED) is 0.381. The highest BCUT2D eigenvalue weighted by atomic mass is 27.1. The summed E-state index contributed by atoms with van der Waals surface area (Å²) in [6, 6.07) is 0. The second-order valence-electron chi connectivity index (χ2n) is 3.32. The molecule has 0 fully saturated rings. The molecule has 1 atom stereocenters. The lowest BCUT2D eigenvalue weighted by molar-refractivity contribution is -0.117. The van der Waals surface area contributed by atoms with Crippen LogP contribution in [-0.4, -0.2) is 35.1 Å². The fraction of sp³-hybridized carbons (Fsp3) is 0.700. The highest BCUT2D eigenvalue weighted by Crippen LogP contribution is 2.09. The molecule has 0 rings (SSSR count). The van der Waals surface area contributed by atoms with Crippen LogP contribution in [-0.2, 0) is 13.3 Å². The number of rotatable bonds is 6. The first-order chi connectivity index (χ1) is 6.52. The van der Waals surface area contributed by atoms with E-state index in [0.717, 1.165) is 0 Å². The molecule has 0 aromatic heterocycles. The van der Waals surface area contributed by atoms with Crippen molar-refractivity contribution < 1.29 is 13.3 Å². The zero-order valence-electron chi connectivity index (χ0n) is 9.24. The fourth-order valence-electron chi connectivity index (χ4n) is 0.886. The highest BCUT2D eigenvalue weighted by Gasteiger charge is 2.11. The Bertz CT molecular complexity index is 211. The molecule has 0 aromatic rings. The van der Waals surface area contributed by atoms with Gasteiger partial charge in [0, 0.05) is 18.6 Å². The van der Waals surface area contributed by atoms with Crippen molar-refractivity contribution >= 4 is 22.4 Å². The first-order valence-electron chi connectivity index (χ1n) is 4.76. The number of carbonyl (C=O) groups is 1. The van der Waals surface area contributed by atoms with Crippen molar-refractivity contribution in [2.75, 3.05) is 6.61 Å². The molecule has 0 N–H and O–H groups in total. The molecule has 78 valence electrons. The molecule has 0 aliphatic carbocycles. The number of ether oxygens (including phenoxy) is 1. The van der Waals surface area contributed by atoms with E-state index in [-0.39, 0.29) is 17.8 Å². The monoisotopic (exact) mass is 212 g/mol. The summed E-state index contributed by atoms with van der Waals surface area (Å²) in [5, 5.41) is 0. The van der Waals surface area contributed by atoms with Crippen LogP contribution in [0.1, 0.15) is 27.7 Å². The largest absolute Gasteiger partial charge is 0.655 e. The summed E-state index contributed by atoms with van der Waals surface area (Å²) < 4.78 is 10.3. The smallest absolute Gasteiger partial charge is 0.481 e. The standard InChI is InChI=1S/C10H18O3.Al/c1-5-13-8(4)10(12)6-9(11)7(2)3;/h6-8,12H,5H2,1-4H3;/q;+1/p-1/b10-6-;. The minimum absolute atomic E-state index is 0.0148. The zero-order chi connectivity index (χ0) is 11.1. The van der Waals surface area contributed by atoms with Gasteiger partial charge in [-0.3, -0.25) is 4.79 Å². The van der Waals surface area contributed by atoms with Gasteiger partial charge in [-0.2, -0.15) is 0 Å². The molecule has 0 aliphatic rings. The molecule has 0 spiro atoms. The lowest BCUT2D eigenvalue weighted by Crippen LogP contribution is -2.16. The summed E-state index contributed by atoms with van der Waals surface area (Å²) in [4.78, 5) is 11.4. The maximum Gasteiger partial charge on any atom is 0.481 e. The van der Waals surface area contributed by atoms with Gasteiger partial charge in [0.15, 0.2) is 5.78 Å². The number of ketones is 1. The summed E-state index contributed by atoms with van der Waals surface area (Å²) in [5.41, 5.74) is 0. The van der Waals surface area contributed by atoms with Crippen LogP contribution in [0.2, 0.25) is 0 Å². The van der Waals surface area contributed by atoms with Gasteiger partial charge in [-0.15, -0.1) is 0 Å². The molecular weight excluding hydrogens is 195 g/mol. The Labute approximate surface area is 94.2 Å². The molecule has 2 radical (unpaired) electrons. The van der Waals surface area contributed by atoms with Gasteiger partial charge >= 0.3 is 16.6 Å². The second kappa shape index (κ2) is 7.06. The van der Waals surface area contributed by atoms with Gasteiger partial charge in [-0.25, -0.2) is 0 Å². The van der Waals surface area contributed by atoms with Crippen LogP contribution in [0.5, 0.6) is 0 Å². The third kappa shape index (κ3) is 4.80. The Hall–Kier alpha value is -0.298. The Balaban J connectivity index is 4.45. The summed E-state index contributed by atoms with van der Waals surface area (Å²) in [7, 11) is 0. The van der Waals surface area contributed by atoms with Gasteiger partial charge in [0.25, 0.3) is 0 Å². The maximum atomic E-state index is 11.4. The molecule has 4 heteroatoms. The normalized spacial score (nSPS) is 14.2. The average Bonchev–Trinajstić information content (AvgIpc) is 2.13. The molecule has 0 aromatic carbocycles. The first kappa shape index (κ1) is 13.7. The Kier molecular flexibility index (Phi) is 6.91. The summed E-state index contributed by atoms with van der Waals surface area (Å²) in [6.07, 6.45) is 1.32. The number of hydrogen-bond acceptors (Lipinski definition) is 3. The number of allylic oxidation sites excluding steroid dienone is 1. The van der Waals surface area contributed by atoms with E-state index in [1.54, 1.807) is 0 Å². The van der Waals surface area contributed by atoms with Crippen molar-refractivity contribution in [1.82, 2.24) is 0 Å². The van der Waals surface area contributed by atoms with Crippen LogP contribution in [0, 0.1) is 5.92 Å². The van der Waals surface area contributed by atoms with Crippen LogP contribution in [0.4, 0.5) is 0 Å². The molecule has 0 saturated heterocycles. The zero-order valence-corrected chi connectivity index (χ0v) is 10.4. The van der Waals surface area contributed by atoms with E-state index >= 15 is 0 Å². The number of carbonyl (C=O) groups excluding carboxylic acids is 1. The number of hydrogen-bond donors (Lipinski definition) is 0.